The minimum Gasteiger partial charge on any atom is -0.478 e. The molecule has 2 aromatic rings. The fraction of sp³-hybridized carbons (Fsp3) is 0.150. The lowest BCUT2D eigenvalue weighted by molar-refractivity contribution is -0.385. The average molecular weight is 427 g/mol. The molecule has 1 atom stereocenters. The smallest absolute Gasteiger partial charge is 0.414 e. The number of amides is 1. The lowest BCUT2D eigenvalue weighted by Crippen LogP contribution is -2.42. The molecule has 10 heteroatoms. The van der Waals surface area contributed by atoms with Gasteiger partial charge in [0.15, 0.2) is 5.17 Å². The molecular formula is C20H17N3O6S. The number of carboxylic acid groups (broad SMARTS) is 2. The number of allylic oxidation sites excluding steroid dienone is 1. The number of para-hydroxylation sites is 1. The molecule has 1 heterocycles. The van der Waals surface area contributed by atoms with Crippen LogP contribution in [0.25, 0.3) is 0 Å². The van der Waals surface area contributed by atoms with Crippen LogP contribution in [0, 0.1) is 10.1 Å². The second-order valence-corrected chi connectivity index (χ2v) is 7.29. The maximum absolute atomic E-state index is 12.2. The van der Waals surface area contributed by atoms with Crippen molar-refractivity contribution in [2.75, 3.05) is 0 Å². The minimum atomic E-state index is -1.45. The molecule has 9 nitrogen and oxygen atoms in total. The molecular weight excluding hydrogens is 410 g/mol. The topological polar surface area (TPSA) is 133 Å². The Labute approximate surface area is 175 Å². The number of carbonyl (C=O) groups is 2. The highest BCUT2D eigenvalue weighted by Crippen LogP contribution is 2.41. The molecule has 2 N–H and O–H groups in total. The van der Waals surface area contributed by atoms with E-state index < -0.39 is 23.0 Å². The number of aliphatic imine (C=N–C) groups is 1. The first-order valence-corrected chi connectivity index (χ1v) is 9.74. The largest absolute Gasteiger partial charge is 0.478 e. The van der Waals surface area contributed by atoms with Crippen LogP contribution < -0.4 is 0 Å². The first-order chi connectivity index (χ1) is 14.3. The highest BCUT2D eigenvalue weighted by molar-refractivity contribution is 8.13. The number of rotatable bonds is 5. The molecule has 0 saturated carbocycles. The molecule has 0 aromatic heterocycles. The maximum Gasteiger partial charge on any atom is 0.414 e. The van der Waals surface area contributed by atoms with E-state index in [0.717, 1.165) is 22.2 Å². The van der Waals surface area contributed by atoms with E-state index in [0.29, 0.717) is 5.75 Å². The van der Waals surface area contributed by atoms with Crippen molar-refractivity contribution in [3.05, 3.63) is 87.1 Å². The van der Waals surface area contributed by atoms with Gasteiger partial charge >= 0.3 is 12.1 Å². The number of benzene rings is 2. The number of nitrogens with zero attached hydrogens (tertiary/aromatic N) is 3. The fourth-order valence-electron chi connectivity index (χ4n) is 3.16. The lowest BCUT2D eigenvalue weighted by Gasteiger charge is -2.34. The molecule has 1 unspecified atom stereocenters. The Hall–Kier alpha value is -3.66. The van der Waals surface area contributed by atoms with E-state index >= 15 is 0 Å². The monoisotopic (exact) mass is 427 g/mol. The summed E-state index contributed by atoms with van der Waals surface area (Å²) in [7, 11) is 0. The third kappa shape index (κ3) is 4.18. The van der Waals surface area contributed by atoms with E-state index in [1.54, 1.807) is 0 Å². The van der Waals surface area contributed by atoms with Crippen molar-refractivity contribution in [3.63, 3.8) is 0 Å². The van der Waals surface area contributed by atoms with Gasteiger partial charge in [0.2, 0.25) is 0 Å². The van der Waals surface area contributed by atoms with Crippen molar-refractivity contribution >= 4 is 34.7 Å². The number of nitro groups is 1. The predicted octanol–water partition coefficient (Wildman–Crippen LogP) is 4.28. The third-order valence-corrected chi connectivity index (χ3v) is 5.49. The van der Waals surface area contributed by atoms with Crippen molar-refractivity contribution in [2.45, 2.75) is 18.7 Å². The molecule has 2 aromatic carbocycles. The molecule has 0 saturated heterocycles. The second kappa shape index (κ2) is 8.78. The van der Waals surface area contributed by atoms with Gasteiger partial charge in [-0.05, 0) is 18.6 Å². The Bertz CT molecular complexity index is 1070. The molecule has 0 bridgehead atoms. The lowest BCUT2D eigenvalue weighted by atomic mass is 9.93. The van der Waals surface area contributed by atoms with Crippen LogP contribution in [-0.4, -0.2) is 37.3 Å². The van der Waals surface area contributed by atoms with Crippen LogP contribution in [0.5, 0.6) is 0 Å². The van der Waals surface area contributed by atoms with Gasteiger partial charge in [-0.15, -0.1) is 0 Å². The van der Waals surface area contributed by atoms with Crippen LogP contribution in [0.1, 0.15) is 24.1 Å². The van der Waals surface area contributed by atoms with E-state index in [1.165, 1.54) is 31.2 Å². The molecule has 3 rings (SSSR count). The number of amidine groups is 1. The van der Waals surface area contributed by atoms with Crippen molar-refractivity contribution < 1.29 is 24.7 Å². The first kappa shape index (κ1) is 21.1. The first-order valence-electron chi connectivity index (χ1n) is 8.76. The van der Waals surface area contributed by atoms with E-state index in [1.807, 2.05) is 30.3 Å². The van der Waals surface area contributed by atoms with Crippen LogP contribution in [0.3, 0.4) is 0 Å². The second-order valence-electron chi connectivity index (χ2n) is 6.34. The molecule has 0 radical (unpaired) electrons. The molecule has 0 aliphatic carbocycles. The van der Waals surface area contributed by atoms with Gasteiger partial charge in [0.1, 0.15) is 6.04 Å². The van der Waals surface area contributed by atoms with Gasteiger partial charge in [-0.3, -0.25) is 10.1 Å². The summed E-state index contributed by atoms with van der Waals surface area (Å²) in [5, 5.41) is 31.2. The van der Waals surface area contributed by atoms with Crippen molar-refractivity contribution in [1.82, 2.24) is 4.90 Å². The van der Waals surface area contributed by atoms with E-state index in [4.69, 9.17) is 0 Å². The van der Waals surface area contributed by atoms with Crippen LogP contribution >= 0.6 is 11.8 Å². The molecule has 0 spiro atoms. The molecule has 1 aliphatic heterocycles. The summed E-state index contributed by atoms with van der Waals surface area (Å²) < 4.78 is 0. The van der Waals surface area contributed by atoms with Crippen LogP contribution in [0.2, 0.25) is 0 Å². The summed E-state index contributed by atoms with van der Waals surface area (Å²) >= 11 is 1.12. The SMILES string of the molecule is CC1=C(C(=O)O)C(c2ccccc2[N+](=O)[O-])N(C(=O)O)C(SCc2ccccc2)=N1. The standard InChI is InChI=1S/C20H17N3O6S/c1-12-16(18(24)25)17(14-9-5-6-10-15(14)23(28)29)22(20(26)27)19(21-12)30-11-13-7-3-2-4-8-13/h2-10,17H,11H2,1H3,(H,24,25)(H,26,27). The molecule has 1 aliphatic rings. The van der Waals surface area contributed by atoms with E-state index in [9.17, 15) is 29.9 Å². The van der Waals surface area contributed by atoms with Crippen LogP contribution in [0.4, 0.5) is 10.5 Å². The Balaban J connectivity index is 2.12. The number of hydrogen-bond donors (Lipinski definition) is 2. The summed E-state index contributed by atoms with van der Waals surface area (Å²) in [4.78, 5) is 40.0. The Morgan fingerprint density at radius 1 is 1.13 bits per heavy atom. The maximum atomic E-state index is 12.2. The minimum absolute atomic E-state index is 0.0330. The quantitative estimate of drug-likeness (QED) is 0.537. The van der Waals surface area contributed by atoms with Gasteiger partial charge in [0, 0.05) is 11.8 Å². The zero-order valence-corrected chi connectivity index (χ0v) is 16.6. The van der Waals surface area contributed by atoms with Gasteiger partial charge in [-0.1, -0.05) is 54.2 Å². The van der Waals surface area contributed by atoms with E-state index in [2.05, 4.69) is 4.99 Å². The summed E-state index contributed by atoms with van der Waals surface area (Å²) in [5.41, 5.74) is 0.293. The Kier molecular flexibility index (Phi) is 6.17. The van der Waals surface area contributed by atoms with Crippen molar-refractivity contribution in [1.29, 1.82) is 0 Å². The highest BCUT2D eigenvalue weighted by atomic mass is 32.2. The number of aliphatic carboxylic acids is 1. The van der Waals surface area contributed by atoms with Gasteiger partial charge in [-0.2, -0.15) is 0 Å². The van der Waals surface area contributed by atoms with Crippen LogP contribution in [-0.2, 0) is 10.5 Å². The number of carboxylic acids is 1. The normalized spacial score (nSPS) is 16.2. The average Bonchev–Trinajstić information content (AvgIpc) is 2.71. The number of hydrogen-bond acceptors (Lipinski definition) is 6. The fourth-order valence-corrected chi connectivity index (χ4v) is 4.17. The van der Waals surface area contributed by atoms with Gasteiger partial charge in [0.05, 0.1) is 21.8 Å². The molecule has 30 heavy (non-hydrogen) atoms. The summed E-state index contributed by atoms with van der Waals surface area (Å²) in [6.07, 6.45) is -1.45. The molecule has 1 amide bonds. The van der Waals surface area contributed by atoms with Crippen molar-refractivity contribution in [3.8, 4) is 0 Å². The molecule has 154 valence electrons. The van der Waals surface area contributed by atoms with Gasteiger partial charge < -0.3 is 10.2 Å². The number of thioether (sulfide) groups is 1. The summed E-state index contributed by atoms with van der Waals surface area (Å²) in [6.45, 7) is 1.45. The Morgan fingerprint density at radius 3 is 2.37 bits per heavy atom. The summed E-state index contributed by atoms with van der Waals surface area (Å²) in [5.74, 6) is -0.999. The predicted molar refractivity (Wildman–Crippen MR) is 111 cm³/mol. The van der Waals surface area contributed by atoms with Crippen molar-refractivity contribution in [2.24, 2.45) is 4.99 Å². The third-order valence-electron chi connectivity index (χ3n) is 4.47. The summed E-state index contributed by atoms with van der Waals surface area (Å²) in [6, 6.07) is 13.4. The Morgan fingerprint density at radius 2 is 1.77 bits per heavy atom. The van der Waals surface area contributed by atoms with Gasteiger partial charge in [0.25, 0.3) is 5.69 Å². The zero-order chi connectivity index (χ0) is 21.8. The van der Waals surface area contributed by atoms with E-state index in [-0.39, 0.29) is 27.7 Å². The van der Waals surface area contributed by atoms with Gasteiger partial charge in [-0.25, -0.2) is 19.5 Å². The van der Waals surface area contributed by atoms with Crippen LogP contribution in [0.15, 0.2) is 70.9 Å². The zero-order valence-electron chi connectivity index (χ0n) is 15.8. The highest BCUT2D eigenvalue weighted by Gasteiger charge is 2.42. The number of nitro benzene ring substituents is 1. The molecule has 0 fully saturated rings.